The number of rotatable bonds is 3. The lowest BCUT2D eigenvalue weighted by Crippen LogP contribution is -2.00. The van der Waals surface area contributed by atoms with E-state index in [-0.39, 0.29) is 0 Å². The van der Waals surface area contributed by atoms with Crippen LogP contribution >= 0.6 is 0 Å². The van der Waals surface area contributed by atoms with E-state index in [2.05, 4.69) is 20.3 Å². The molecule has 0 atom stereocenters. The molecule has 0 aliphatic rings. The van der Waals surface area contributed by atoms with Crippen LogP contribution in [0, 0.1) is 11.6 Å². The summed E-state index contributed by atoms with van der Waals surface area (Å²) in [5.41, 5.74) is 2.41. The zero-order chi connectivity index (χ0) is 18.1. The second-order valence-electron chi connectivity index (χ2n) is 5.75. The van der Waals surface area contributed by atoms with E-state index >= 15 is 0 Å². The van der Waals surface area contributed by atoms with Crippen molar-refractivity contribution in [2.75, 3.05) is 12.4 Å². The molecule has 0 spiro atoms. The summed E-state index contributed by atoms with van der Waals surface area (Å²) in [5, 5.41) is 3.83. The van der Waals surface area contributed by atoms with Crippen LogP contribution in [0.25, 0.3) is 33.4 Å². The summed E-state index contributed by atoms with van der Waals surface area (Å²) in [7, 11) is 1.77. The smallest absolute Gasteiger partial charge is 0.163 e. The van der Waals surface area contributed by atoms with Gasteiger partial charge in [0, 0.05) is 42.0 Å². The van der Waals surface area contributed by atoms with Crippen LogP contribution in [0.1, 0.15) is 0 Å². The molecule has 0 bridgehead atoms. The largest absolute Gasteiger partial charge is 0.373 e. The topological polar surface area (TPSA) is 50.7 Å². The number of para-hydroxylation sites is 1. The highest BCUT2D eigenvalue weighted by molar-refractivity contribution is 6.00. The molecule has 26 heavy (non-hydrogen) atoms. The van der Waals surface area contributed by atoms with Crippen LogP contribution in [0.2, 0.25) is 0 Å². The molecule has 0 radical (unpaired) electrons. The van der Waals surface area contributed by atoms with E-state index in [1.54, 1.807) is 31.6 Å². The van der Waals surface area contributed by atoms with Crippen molar-refractivity contribution in [1.29, 1.82) is 0 Å². The van der Waals surface area contributed by atoms with E-state index in [0.717, 1.165) is 17.0 Å². The number of hydrogen-bond donors (Lipinski definition) is 1. The predicted octanol–water partition coefficient (Wildman–Crippen LogP) is 4.68. The van der Waals surface area contributed by atoms with Crippen LogP contribution in [0.3, 0.4) is 0 Å². The van der Waals surface area contributed by atoms with Crippen LogP contribution in [0.4, 0.5) is 14.6 Å². The highest BCUT2D eigenvalue weighted by Crippen LogP contribution is 2.32. The summed E-state index contributed by atoms with van der Waals surface area (Å²) < 4.78 is 27.4. The summed E-state index contributed by atoms with van der Waals surface area (Å²) in [4.78, 5) is 13.3. The van der Waals surface area contributed by atoms with Crippen molar-refractivity contribution in [2.24, 2.45) is 0 Å². The van der Waals surface area contributed by atoms with Gasteiger partial charge in [0.05, 0.1) is 5.52 Å². The van der Waals surface area contributed by atoms with Gasteiger partial charge in [-0.15, -0.1) is 0 Å². The molecule has 0 unspecified atom stereocenters. The minimum absolute atomic E-state index is 0.422. The van der Waals surface area contributed by atoms with Crippen molar-refractivity contribution in [1.82, 2.24) is 15.0 Å². The van der Waals surface area contributed by atoms with Crippen molar-refractivity contribution in [3.63, 3.8) is 0 Å². The number of nitrogens with one attached hydrogen (secondary N) is 1. The quantitative estimate of drug-likeness (QED) is 0.584. The molecule has 2 heterocycles. The molecule has 128 valence electrons. The van der Waals surface area contributed by atoms with Crippen LogP contribution in [0.15, 0.2) is 60.9 Å². The fraction of sp³-hybridized carbons (Fsp3) is 0.0500. The molecule has 1 N–H and O–H groups in total. The van der Waals surface area contributed by atoms with Crippen LogP contribution in [-0.4, -0.2) is 22.0 Å². The molecule has 4 rings (SSSR count). The SMILES string of the molecule is CNc1nc(-c2cccnc2)nc2c(-c3cc(F)cc(F)c3)cccc12. The van der Waals surface area contributed by atoms with E-state index < -0.39 is 11.6 Å². The maximum absolute atomic E-state index is 13.7. The third kappa shape index (κ3) is 2.86. The Hall–Kier alpha value is -3.41. The monoisotopic (exact) mass is 348 g/mol. The molecule has 4 nitrogen and oxygen atoms in total. The van der Waals surface area contributed by atoms with Gasteiger partial charge in [-0.3, -0.25) is 4.98 Å². The van der Waals surface area contributed by atoms with Gasteiger partial charge >= 0.3 is 0 Å². The lowest BCUT2D eigenvalue weighted by molar-refractivity contribution is 0.584. The van der Waals surface area contributed by atoms with Gasteiger partial charge in [0.2, 0.25) is 0 Å². The van der Waals surface area contributed by atoms with Crippen molar-refractivity contribution >= 4 is 16.7 Å². The standard InChI is InChI=1S/C20H14F2N4/c1-23-20-17-6-2-5-16(13-8-14(21)10-15(22)9-13)18(17)25-19(26-20)12-4-3-7-24-11-12/h2-11H,1H3,(H,23,25,26). The number of benzene rings is 2. The van der Waals surface area contributed by atoms with Crippen molar-refractivity contribution in [3.05, 3.63) is 72.6 Å². The Morgan fingerprint density at radius 3 is 2.38 bits per heavy atom. The normalized spacial score (nSPS) is 10.9. The second kappa shape index (κ2) is 6.48. The second-order valence-corrected chi connectivity index (χ2v) is 5.75. The Bertz CT molecular complexity index is 1080. The third-order valence-electron chi connectivity index (χ3n) is 4.06. The number of aromatic nitrogens is 3. The van der Waals surface area contributed by atoms with Gasteiger partial charge in [0.25, 0.3) is 0 Å². The summed E-state index contributed by atoms with van der Waals surface area (Å²) in [6, 6.07) is 12.6. The number of pyridine rings is 1. The first-order valence-corrected chi connectivity index (χ1v) is 8.01. The van der Waals surface area contributed by atoms with Crippen LogP contribution in [0.5, 0.6) is 0 Å². The van der Waals surface area contributed by atoms with E-state index in [9.17, 15) is 8.78 Å². The highest BCUT2D eigenvalue weighted by Gasteiger charge is 2.14. The number of hydrogen-bond acceptors (Lipinski definition) is 4. The van der Waals surface area contributed by atoms with E-state index in [4.69, 9.17) is 0 Å². The Balaban J connectivity index is 2.03. The molecule has 0 saturated carbocycles. The molecule has 2 aromatic heterocycles. The lowest BCUT2D eigenvalue weighted by atomic mass is 10.0. The van der Waals surface area contributed by atoms with E-state index in [1.807, 2.05) is 18.2 Å². The van der Waals surface area contributed by atoms with Crippen molar-refractivity contribution in [2.45, 2.75) is 0 Å². The lowest BCUT2D eigenvalue weighted by Gasteiger charge is -2.12. The molecule has 0 fully saturated rings. The van der Waals surface area contributed by atoms with Crippen LogP contribution in [-0.2, 0) is 0 Å². The molecule has 4 aromatic rings. The van der Waals surface area contributed by atoms with Gasteiger partial charge in [-0.05, 0) is 35.9 Å². The molecular formula is C20H14F2N4. The maximum Gasteiger partial charge on any atom is 0.163 e. The molecule has 2 aromatic carbocycles. The Morgan fingerprint density at radius 1 is 0.885 bits per heavy atom. The first-order valence-electron chi connectivity index (χ1n) is 8.01. The third-order valence-corrected chi connectivity index (χ3v) is 4.06. The molecule has 0 amide bonds. The van der Waals surface area contributed by atoms with Gasteiger partial charge in [-0.1, -0.05) is 12.1 Å². The van der Waals surface area contributed by atoms with E-state index in [0.29, 0.717) is 28.3 Å². The molecule has 6 heteroatoms. The zero-order valence-electron chi connectivity index (χ0n) is 13.9. The van der Waals surface area contributed by atoms with Gasteiger partial charge in [0.1, 0.15) is 17.5 Å². The van der Waals surface area contributed by atoms with Crippen LogP contribution < -0.4 is 5.32 Å². The number of nitrogens with zero attached hydrogens (tertiary/aromatic N) is 3. The minimum Gasteiger partial charge on any atom is -0.373 e. The average molecular weight is 348 g/mol. The van der Waals surface area contributed by atoms with E-state index in [1.165, 1.54) is 12.1 Å². The summed E-state index contributed by atoms with van der Waals surface area (Å²) in [6.07, 6.45) is 3.34. The van der Waals surface area contributed by atoms with Crippen molar-refractivity contribution in [3.8, 4) is 22.5 Å². The summed E-state index contributed by atoms with van der Waals surface area (Å²) >= 11 is 0. The number of halogens is 2. The Kier molecular flexibility index (Phi) is 4.01. The predicted molar refractivity (Wildman–Crippen MR) is 97.7 cm³/mol. The zero-order valence-corrected chi connectivity index (χ0v) is 13.9. The first kappa shape index (κ1) is 16.1. The molecule has 0 saturated heterocycles. The Labute approximate surface area is 148 Å². The van der Waals surface area contributed by atoms with Gasteiger partial charge in [0.15, 0.2) is 5.82 Å². The molecule has 0 aliphatic heterocycles. The number of fused-ring (bicyclic) bond motifs is 1. The number of anilines is 1. The van der Waals surface area contributed by atoms with Crippen molar-refractivity contribution < 1.29 is 8.78 Å². The first-order chi connectivity index (χ1) is 12.7. The van der Waals surface area contributed by atoms with Gasteiger partial charge < -0.3 is 5.32 Å². The maximum atomic E-state index is 13.7. The summed E-state index contributed by atoms with van der Waals surface area (Å²) in [6.45, 7) is 0. The highest BCUT2D eigenvalue weighted by atomic mass is 19.1. The fourth-order valence-corrected chi connectivity index (χ4v) is 2.91. The molecular weight excluding hydrogens is 334 g/mol. The Morgan fingerprint density at radius 2 is 1.69 bits per heavy atom. The molecule has 0 aliphatic carbocycles. The van der Waals surface area contributed by atoms with Gasteiger partial charge in [-0.25, -0.2) is 18.7 Å². The average Bonchev–Trinajstić information content (AvgIpc) is 2.66. The fourth-order valence-electron chi connectivity index (χ4n) is 2.91. The minimum atomic E-state index is -0.632. The van der Waals surface area contributed by atoms with Gasteiger partial charge in [-0.2, -0.15) is 0 Å². The summed E-state index contributed by atoms with van der Waals surface area (Å²) in [5.74, 6) is -0.147.